The summed E-state index contributed by atoms with van der Waals surface area (Å²) < 4.78 is 2.61. The number of nitrogens with zero attached hydrogens (tertiary/aromatic N) is 1. The normalized spacial score (nSPS) is 11.3. The third kappa shape index (κ3) is 6.54. The molecule has 0 aliphatic heterocycles. The second-order valence-electron chi connectivity index (χ2n) is 15.3. The molecule has 0 atom stereocenters. The van der Waals surface area contributed by atoms with Crippen LogP contribution in [-0.2, 0) is 0 Å². The standard InChI is InChI=1S/C58H39NS/c1-2-13-40(14-3-1)41-27-29-42(30-28-41)43-31-35-48(36-32-43)59(55-24-8-6-20-52(55)53-23-12-26-57-58(53)54-21-7-9-25-56(54)60-57)49-37-33-44(34-38-49)46-17-10-18-47(39-46)51-22-11-16-45-15-4-5-19-50(45)51/h1-39H. The van der Waals surface area contributed by atoms with E-state index < -0.39 is 0 Å². The van der Waals surface area contributed by atoms with Crippen molar-refractivity contribution < 1.29 is 0 Å². The van der Waals surface area contributed by atoms with E-state index in [0.29, 0.717) is 0 Å². The zero-order chi connectivity index (χ0) is 39.8. The largest absolute Gasteiger partial charge is 0.310 e. The number of anilines is 3. The lowest BCUT2D eigenvalue weighted by molar-refractivity contribution is 1.28. The van der Waals surface area contributed by atoms with Gasteiger partial charge in [0.15, 0.2) is 0 Å². The Morgan fingerprint density at radius 1 is 0.283 bits per heavy atom. The summed E-state index contributed by atoms with van der Waals surface area (Å²) in [4.78, 5) is 2.42. The average Bonchev–Trinajstić information content (AvgIpc) is 3.72. The van der Waals surface area contributed by atoms with Crippen LogP contribution in [0.25, 0.3) is 86.6 Å². The Hall–Kier alpha value is -7.52. The smallest absolute Gasteiger partial charge is 0.0540 e. The van der Waals surface area contributed by atoms with Gasteiger partial charge in [0.05, 0.1) is 5.69 Å². The first-order chi connectivity index (χ1) is 29.7. The van der Waals surface area contributed by atoms with E-state index in [1.54, 1.807) is 0 Å². The summed E-state index contributed by atoms with van der Waals surface area (Å²) in [5.41, 5.74) is 15.4. The van der Waals surface area contributed by atoms with Crippen molar-refractivity contribution in [3.63, 3.8) is 0 Å². The van der Waals surface area contributed by atoms with E-state index in [9.17, 15) is 0 Å². The molecule has 0 N–H and O–H groups in total. The highest BCUT2D eigenvalue weighted by atomic mass is 32.1. The van der Waals surface area contributed by atoms with Gasteiger partial charge in [-0.15, -0.1) is 11.3 Å². The molecule has 0 saturated carbocycles. The van der Waals surface area contributed by atoms with Gasteiger partial charge in [-0.25, -0.2) is 0 Å². The molecule has 1 aromatic heterocycles. The molecule has 0 aliphatic rings. The summed E-state index contributed by atoms with van der Waals surface area (Å²) in [7, 11) is 0. The van der Waals surface area contributed by atoms with Gasteiger partial charge in [0.1, 0.15) is 0 Å². The molecular formula is C58H39NS. The molecule has 11 aromatic rings. The minimum Gasteiger partial charge on any atom is -0.310 e. The monoisotopic (exact) mass is 781 g/mol. The molecule has 60 heavy (non-hydrogen) atoms. The second-order valence-corrected chi connectivity index (χ2v) is 16.4. The second kappa shape index (κ2) is 15.3. The highest BCUT2D eigenvalue weighted by molar-refractivity contribution is 7.25. The first-order valence-corrected chi connectivity index (χ1v) is 21.3. The fourth-order valence-electron chi connectivity index (χ4n) is 8.76. The van der Waals surface area contributed by atoms with Gasteiger partial charge >= 0.3 is 0 Å². The summed E-state index contributed by atoms with van der Waals surface area (Å²) in [6, 6.07) is 86.1. The number of hydrogen-bond acceptors (Lipinski definition) is 2. The molecule has 0 amide bonds. The maximum Gasteiger partial charge on any atom is 0.0540 e. The van der Waals surface area contributed by atoms with Crippen molar-refractivity contribution in [2.24, 2.45) is 0 Å². The number of rotatable bonds is 8. The predicted octanol–water partition coefficient (Wildman–Crippen LogP) is 17.0. The van der Waals surface area contributed by atoms with E-state index in [4.69, 9.17) is 0 Å². The van der Waals surface area contributed by atoms with Gasteiger partial charge in [-0.3, -0.25) is 0 Å². The molecule has 0 unspecified atom stereocenters. The van der Waals surface area contributed by atoms with E-state index in [1.165, 1.54) is 86.6 Å². The number of thiophene rings is 1. The maximum absolute atomic E-state index is 2.42. The molecule has 1 heterocycles. The van der Waals surface area contributed by atoms with Gasteiger partial charge in [-0.05, 0) is 109 Å². The molecule has 1 nitrogen and oxygen atoms in total. The molecular weight excluding hydrogens is 743 g/mol. The summed E-state index contributed by atoms with van der Waals surface area (Å²) in [6.45, 7) is 0. The lowest BCUT2D eigenvalue weighted by Crippen LogP contribution is -2.11. The van der Waals surface area contributed by atoms with E-state index >= 15 is 0 Å². The quantitative estimate of drug-likeness (QED) is 0.148. The summed E-state index contributed by atoms with van der Waals surface area (Å²) in [5.74, 6) is 0. The summed E-state index contributed by atoms with van der Waals surface area (Å²) in [5, 5.41) is 5.12. The Bertz CT molecular complexity index is 3280. The number of benzene rings is 10. The average molecular weight is 782 g/mol. The van der Waals surface area contributed by atoms with Crippen LogP contribution in [-0.4, -0.2) is 0 Å². The maximum atomic E-state index is 2.42. The van der Waals surface area contributed by atoms with E-state index in [1.807, 2.05) is 11.3 Å². The van der Waals surface area contributed by atoms with Crippen LogP contribution in [0.4, 0.5) is 17.1 Å². The molecule has 0 radical (unpaired) electrons. The lowest BCUT2D eigenvalue weighted by Gasteiger charge is -2.28. The fourth-order valence-corrected chi connectivity index (χ4v) is 9.89. The van der Waals surface area contributed by atoms with Gasteiger partial charge < -0.3 is 4.90 Å². The Kier molecular flexibility index (Phi) is 9.11. The Morgan fingerprint density at radius 3 is 1.50 bits per heavy atom. The number of hydrogen-bond donors (Lipinski definition) is 0. The predicted molar refractivity (Wildman–Crippen MR) is 259 cm³/mol. The lowest BCUT2D eigenvalue weighted by atomic mass is 9.95. The van der Waals surface area contributed by atoms with Gasteiger partial charge in [0, 0.05) is 37.1 Å². The zero-order valence-corrected chi connectivity index (χ0v) is 33.7. The molecule has 0 spiro atoms. The van der Waals surface area contributed by atoms with Crippen molar-refractivity contribution >= 4 is 59.3 Å². The van der Waals surface area contributed by atoms with E-state index in [0.717, 1.165) is 17.1 Å². The minimum absolute atomic E-state index is 1.10. The van der Waals surface area contributed by atoms with Crippen molar-refractivity contribution in [3.8, 4) is 55.6 Å². The highest BCUT2D eigenvalue weighted by Crippen LogP contribution is 2.46. The molecule has 0 aliphatic carbocycles. The molecule has 11 rings (SSSR count). The van der Waals surface area contributed by atoms with E-state index in [-0.39, 0.29) is 0 Å². The van der Waals surface area contributed by atoms with Crippen LogP contribution < -0.4 is 4.90 Å². The van der Waals surface area contributed by atoms with Crippen molar-refractivity contribution in [2.45, 2.75) is 0 Å². The third-order valence-corrected chi connectivity index (χ3v) is 12.8. The first-order valence-electron chi connectivity index (χ1n) is 20.5. The van der Waals surface area contributed by atoms with Crippen LogP contribution in [0, 0.1) is 0 Å². The molecule has 282 valence electrons. The zero-order valence-electron chi connectivity index (χ0n) is 32.9. The number of para-hydroxylation sites is 1. The van der Waals surface area contributed by atoms with Crippen molar-refractivity contribution in [1.29, 1.82) is 0 Å². The molecule has 2 heteroatoms. The molecule has 0 bridgehead atoms. The Labute approximate surface area is 354 Å². The highest BCUT2D eigenvalue weighted by Gasteiger charge is 2.20. The van der Waals surface area contributed by atoms with Crippen LogP contribution in [0.2, 0.25) is 0 Å². The van der Waals surface area contributed by atoms with Crippen molar-refractivity contribution in [1.82, 2.24) is 0 Å². The van der Waals surface area contributed by atoms with Gasteiger partial charge in [0.25, 0.3) is 0 Å². The Balaban J connectivity index is 1.01. The number of fused-ring (bicyclic) bond motifs is 4. The summed E-state index contributed by atoms with van der Waals surface area (Å²) in [6.07, 6.45) is 0. The van der Waals surface area contributed by atoms with Gasteiger partial charge in [0.2, 0.25) is 0 Å². The minimum atomic E-state index is 1.10. The van der Waals surface area contributed by atoms with Gasteiger partial charge in [-0.1, -0.05) is 188 Å². The van der Waals surface area contributed by atoms with Gasteiger partial charge in [-0.2, -0.15) is 0 Å². The molecule has 0 saturated heterocycles. The Morgan fingerprint density at radius 2 is 0.750 bits per heavy atom. The first kappa shape index (κ1) is 35.6. The van der Waals surface area contributed by atoms with Crippen molar-refractivity contribution in [2.75, 3.05) is 4.90 Å². The topological polar surface area (TPSA) is 3.24 Å². The van der Waals surface area contributed by atoms with Crippen LogP contribution >= 0.6 is 11.3 Å². The fraction of sp³-hybridized carbons (Fsp3) is 0. The third-order valence-electron chi connectivity index (χ3n) is 11.7. The SMILES string of the molecule is c1ccc(-c2ccc(-c3ccc(N(c4ccc(-c5cccc(-c6cccc7ccccc67)c5)cc4)c4ccccc4-c4cccc5sc6ccccc6c45)cc3)cc2)cc1. The van der Waals surface area contributed by atoms with Crippen molar-refractivity contribution in [3.05, 3.63) is 237 Å². The molecule has 0 fully saturated rings. The molecule has 10 aromatic carbocycles. The van der Waals surface area contributed by atoms with Crippen LogP contribution in [0.3, 0.4) is 0 Å². The van der Waals surface area contributed by atoms with Crippen LogP contribution in [0.5, 0.6) is 0 Å². The van der Waals surface area contributed by atoms with Crippen LogP contribution in [0.15, 0.2) is 237 Å². The summed E-state index contributed by atoms with van der Waals surface area (Å²) >= 11 is 1.86. The van der Waals surface area contributed by atoms with Crippen LogP contribution in [0.1, 0.15) is 0 Å². The van der Waals surface area contributed by atoms with E-state index in [2.05, 4.69) is 241 Å².